The van der Waals surface area contributed by atoms with Crippen LogP contribution in [0.2, 0.25) is 0 Å². The molecule has 0 atom stereocenters. The zero-order chi connectivity index (χ0) is 11.7. The maximum atomic E-state index is 12.2. The van der Waals surface area contributed by atoms with E-state index >= 15 is 0 Å². The third kappa shape index (κ3) is 6.40. The van der Waals surface area contributed by atoms with Gasteiger partial charge in [-0.15, -0.1) is 0 Å². The van der Waals surface area contributed by atoms with Gasteiger partial charge < -0.3 is 4.74 Å². The van der Waals surface area contributed by atoms with Crippen molar-refractivity contribution in [3.63, 3.8) is 0 Å². The molecule has 0 aliphatic rings. The lowest BCUT2D eigenvalue weighted by Gasteiger charge is -2.06. The lowest BCUT2D eigenvalue weighted by atomic mass is 10.1. The summed E-state index contributed by atoms with van der Waals surface area (Å²) in [6.45, 7) is 12.3. The average Bonchev–Trinajstić information content (AvgIpc) is 2.15. The lowest BCUT2D eigenvalue weighted by molar-refractivity contribution is 0.191. The maximum Gasteiger partial charge on any atom is 0.264 e. The Hall–Kier alpha value is -1.12. The van der Waals surface area contributed by atoms with Crippen LogP contribution in [-0.2, 0) is 4.74 Å². The van der Waals surface area contributed by atoms with Gasteiger partial charge in [-0.1, -0.05) is 27.0 Å². The van der Waals surface area contributed by atoms with Crippen LogP contribution in [0.25, 0.3) is 0 Å². The predicted octanol–water partition coefficient (Wildman–Crippen LogP) is 3.94. The van der Waals surface area contributed by atoms with Crippen molar-refractivity contribution in [2.75, 3.05) is 7.11 Å². The highest BCUT2D eigenvalue weighted by atomic mass is 19.3. The van der Waals surface area contributed by atoms with Crippen LogP contribution in [0, 0.1) is 0 Å². The summed E-state index contributed by atoms with van der Waals surface area (Å²) in [5, 5.41) is 0. The number of ether oxygens (including phenoxy) is 1. The van der Waals surface area contributed by atoms with Crippen LogP contribution in [0.5, 0.6) is 0 Å². The number of hydrogen-bond donors (Lipinski definition) is 0. The van der Waals surface area contributed by atoms with Gasteiger partial charge in [-0.3, -0.25) is 0 Å². The first-order chi connectivity index (χ1) is 6.49. The maximum absolute atomic E-state index is 12.2. The summed E-state index contributed by atoms with van der Waals surface area (Å²) >= 11 is 0. The molecule has 0 aromatic carbocycles. The van der Waals surface area contributed by atoms with Gasteiger partial charge in [-0.05, 0) is 18.6 Å². The van der Waals surface area contributed by atoms with Crippen molar-refractivity contribution in [3.05, 3.63) is 36.1 Å². The van der Waals surface area contributed by atoms with E-state index in [0.717, 1.165) is 0 Å². The molecular formula is C11H18F2O. The highest BCUT2D eigenvalue weighted by molar-refractivity contribution is 5.33. The van der Waals surface area contributed by atoms with Crippen molar-refractivity contribution in [1.29, 1.82) is 0 Å². The molecule has 14 heavy (non-hydrogen) atoms. The summed E-state index contributed by atoms with van der Waals surface area (Å²) < 4.78 is 29.1. The van der Waals surface area contributed by atoms with Gasteiger partial charge in [0.15, 0.2) is 0 Å². The summed E-state index contributed by atoms with van der Waals surface area (Å²) in [4.78, 5) is 0. The fourth-order valence-corrected chi connectivity index (χ4v) is 0.605. The molecule has 0 N–H and O–H groups in total. The van der Waals surface area contributed by atoms with Gasteiger partial charge in [0.2, 0.25) is 0 Å². The largest absolute Gasteiger partial charge is 0.497 e. The van der Waals surface area contributed by atoms with Crippen LogP contribution in [0.15, 0.2) is 36.1 Å². The molecule has 0 radical (unpaired) electrons. The van der Waals surface area contributed by atoms with E-state index in [0.29, 0.717) is 5.57 Å². The number of allylic oxidation sites excluding steroid dienone is 3. The first-order valence-electron chi connectivity index (χ1n) is 4.37. The Morgan fingerprint density at radius 3 is 1.93 bits per heavy atom. The quantitative estimate of drug-likeness (QED) is 0.498. The average molecular weight is 204 g/mol. The molecule has 0 saturated carbocycles. The molecule has 0 heterocycles. The van der Waals surface area contributed by atoms with E-state index in [1.54, 1.807) is 0 Å². The molecule has 0 aliphatic heterocycles. The Kier molecular flexibility index (Phi) is 9.30. The molecule has 3 heteroatoms. The number of methoxy groups -OCH3 is 1. The lowest BCUT2D eigenvalue weighted by Crippen LogP contribution is -1.98. The number of rotatable bonds is 4. The van der Waals surface area contributed by atoms with E-state index in [9.17, 15) is 8.78 Å². The van der Waals surface area contributed by atoms with E-state index in [2.05, 4.69) is 17.9 Å². The summed E-state index contributed by atoms with van der Waals surface area (Å²) in [7, 11) is 1.38. The van der Waals surface area contributed by atoms with Crippen LogP contribution in [0.3, 0.4) is 0 Å². The summed E-state index contributed by atoms with van der Waals surface area (Å²) in [6, 6.07) is 0. The topological polar surface area (TPSA) is 9.23 Å². The fraction of sp³-hybridized carbons (Fsp3) is 0.455. The van der Waals surface area contributed by atoms with Gasteiger partial charge in [0, 0.05) is 5.57 Å². The first kappa shape index (κ1) is 15.4. The van der Waals surface area contributed by atoms with E-state index < -0.39 is 6.43 Å². The van der Waals surface area contributed by atoms with Gasteiger partial charge in [-0.2, -0.15) is 0 Å². The Bertz CT molecular complexity index is 217. The van der Waals surface area contributed by atoms with Gasteiger partial charge in [0.25, 0.3) is 6.43 Å². The molecule has 1 nitrogen and oxygen atoms in total. The Balaban J connectivity index is 0. The van der Waals surface area contributed by atoms with Crippen LogP contribution >= 0.6 is 0 Å². The number of halogens is 2. The van der Waals surface area contributed by atoms with Gasteiger partial charge in [0.05, 0.1) is 7.11 Å². The standard InChI is InChI=1S/C9H12F2O.C2H6/c1-6(2)8(9(10)11)5-7(3)12-4;1-2/h5,9H,1,3H2,2,4H3;1-2H3/b8-5+;. The van der Waals surface area contributed by atoms with Crippen molar-refractivity contribution in [3.8, 4) is 0 Å². The van der Waals surface area contributed by atoms with Crippen molar-refractivity contribution in [2.45, 2.75) is 27.2 Å². The molecule has 82 valence electrons. The molecule has 0 spiro atoms. The molecule has 0 amide bonds. The van der Waals surface area contributed by atoms with Crippen molar-refractivity contribution in [1.82, 2.24) is 0 Å². The van der Waals surface area contributed by atoms with Crippen molar-refractivity contribution < 1.29 is 13.5 Å². The monoisotopic (exact) mass is 204 g/mol. The number of hydrogen-bond acceptors (Lipinski definition) is 1. The molecule has 0 fully saturated rings. The summed E-state index contributed by atoms with van der Waals surface area (Å²) in [6.07, 6.45) is -1.35. The number of alkyl halides is 2. The molecule has 0 saturated heterocycles. The second-order valence-corrected chi connectivity index (χ2v) is 2.35. The van der Waals surface area contributed by atoms with Crippen molar-refractivity contribution in [2.24, 2.45) is 0 Å². The molecule has 0 aromatic rings. The second kappa shape index (κ2) is 8.48. The molecule has 0 rings (SSSR count). The van der Waals surface area contributed by atoms with Crippen molar-refractivity contribution >= 4 is 0 Å². The van der Waals surface area contributed by atoms with Crippen LogP contribution in [-0.4, -0.2) is 13.5 Å². The Morgan fingerprint density at radius 2 is 1.71 bits per heavy atom. The Morgan fingerprint density at radius 1 is 1.29 bits per heavy atom. The summed E-state index contributed by atoms with van der Waals surface area (Å²) in [5.41, 5.74) is 0.185. The van der Waals surface area contributed by atoms with Gasteiger partial charge in [0.1, 0.15) is 5.76 Å². The minimum Gasteiger partial charge on any atom is -0.497 e. The fourth-order valence-electron chi connectivity index (χ4n) is 0.605. The molecular weight excluding hydrogens is 186 g/mol. The van der Waals surface area contributed by atoms with Crippen LogP contribution < -0.4 is 0 Å². The summed E-state index contributed by atoms with van der Waals surface area (Å²) in [5.74, 6) is 0.202. The zero-order valence-corrected chi connectivity index (χ0v) is 9.23. The van der Waals surface area contributed by atoms with Crippen LogP contribution in [0.4, 0.5) is 8.78 Å². The minimum absolute atomic E-state index is 0.137. The Labute approximate surface area is 84.8 Å². The molecule has 0 aliphatic carbocycles. The predicted molar refractivity (Wildman–Crippen MR) is 56.4 cm³/mol. The van der Waals surface area contributed by atoms with Crippen LogP contribution in [0.1, 0.15) is 20.8 Å². The van der Waals surface area contributed by atoms with E-state index in [1.807, 2.05) is 13.8 Å². The van der Waals surface area contributed by atoms with E-state index in [4.69, 9.17) is 0 Å². The van der Waals surface area contributed by atoms with Gasteiger partial charge in [-0.25, -0.2) is 8.78 Å². The SMILES string of the molecule is C=C(/C=C(\C(=C)C)C(F)F)OC.CC. The molecule has 0 bridgehead atoms. The third-order valence-electron chi connectivity index (χ3n) is 1.31. The minimum atomic E-state index is -2.53. The second-order valence-electron chi connectivity index (χ2n) is 2.35. The normalized spacial score (nSPS) is 10.4. The smallest absolute Gasteiger partial charge is 0.264 e. The highest BCUT2D eigenvalue weighted by Gasteiger charge is 2.11. The zero-order valence-electron chi connectivity index (χ0n) is 9.23. The first-order valence-corrected chi connectivity index (χ1v) is 4.37. The third-order valence-corrected chi connectivity index (χ3v) is 1.31. The molecule has 0 unspecified atom stereocenters. The van der Waals surface area contributed by atoms with E-state index in [-0.39, 0.29) is 11.3 Å². The highest BCUT2D eigenvalue weighted by Crippen LogP contribution is 2.18. The van der Waals surface area contributed by atoms with Gasteiger partial charge >= 0.3 is 0 Å². The van der Waals surface area contributed by atoms with E-state index in [1.165, 1.54) is 20.1 Å². The molecule has 0 aromatic heterocycles.